The van der Waals surface area contributed by atoms with Crippen molar-refractivity contribution >= 4 is 16.7 Å². The third-order valence-electron chi connectivity index (χ3n) is 3.81. The van der Waals surface area contributed by atoms with Crippen molar-refractivity contribution in [3.63, 3.8) is 0 Å². The van der Waals surface area contributed by atoms with E-state index in [9.17, 15) is 9.90 Å². The lowest BCUT2D eigenvalue weighted by Gasteiger charge is -2.06. The van der Waals surface area contributed by atoms with Crippen LogP contribution < -0.4 is 10.4 Å². The second-order valence-electron chi connectivity index (χ2n) is 5.36. The van der Waals surface area contributed by atoms with Crippen molar-refractivity contribution in [3.8, 4) is 11.5 Å². The Kier molecular flexibility index (Phi) is 4.33. The molecule has 1 heterocycles. The maximum Gasteiger partial charge on any atom is 0.349 e. The monoisotopic (exact) mass is 323 g/mol. The zero-order valence-corrected chi connectivity index (χ0v) is 13.4. The number of methoxy groups -OCH3 is 1. The van der Waals surface area contributed by atoms with E-state index in [-0.39, 0.29) is 11.3 Å². The first-order chi connectivity index (χ1) is 11.6. The van der Waals surface area contributed by atoms with Crippen LogP contribution in [0.4, 0.5) is 0 Å². The van der Waals surface area contributed by atoms with Crippen LogP contribution in [0.3, 0.4) is 0 Å². The van der Waals surface area contributed by atoms with Crippen LogP contribution in [0, 0.1) is 0 Å². The molecule has 24 heavy (non-hydrogen) atoms. The Bertz CT molecular complexity index is 955. The van der Waals surface area contributed by atoms with Gasteiger partial charge < -0.3 is 14.3 Å². The highest BCUT2D eigenvalue weighted by molar-refractivity contribution is 6.04. The standard InChI is InChI=1S/C19H17NO4/c1-12(20-11-13-7-9-14(23-2)10-8-13)17-18(21)15-5-3-4-6-16(15)24-19(17)22/h3-10,21H,11H2,1-2H3. The Morgan fingerprint density at radius 2 is 1.88 bits per heavy atom. The second kappa shape index (κ2) is 6.58. The summed E-state index contributed by atoms with van der Waals surface area (Å²) in [6, 6.07) is 14.4. The average molecular weight is 323 g/mol. The first kappa shape index (κ1) is 15.8. The van der Waals surface area contributed by atoms with Gasteiger partial charge in [-0.1, -0.05) is 24.3 Å². The highest BCUT2D eigenvalue weighted by Gasteiger charge is 2.15. The SMILES string of the molecule is COc1ccc(CN=C(C)c2c(O)c3ccccc3oc2=O)cc1. The van der Waals surface area contributed by atoms with E-state index in [1.165, 1.54) is 0 Å². The highest BCUT2D eigenvalue weighted by atomic mass is 16.5. The molecule has 0 radical (unpaired) electrons. The molecule has 0 aliphatic heterocycles. The molecule has 3 aromatic rings. The summed E-state index contributed by atoms with van der Waals surface area (Å²) in [5, 5.41) is 10.9. The van der Waals surface area contributed by atoms with Crippen LogP contribution in [0.25, 0.3) is 11.0 Å². The minimum absolute atomic E-state index is 0.0992. The molecule has 0 saturated heterocycles. The predicted molar refractivity (Wildman–Crippen MR) is 93.1 cm³/mol. The molecule has 2 aromatic carbocycles. The highest BCUT2D eigenvalue weighted by Crippen LogP contribution is 2.26. The molecule has 5 heteroatoms. The van der Waals surface area contributed by atoms with Gasteiger partial charge in [-0.2, -0.15) is 0 Å². The fourth-order valence-electron chi connectivity index (χ4n) is 2.47. The number of aliphatic imine (C=N–C) groups is 1. The minimum atomic E-state index is -0.595. The molecule has 0 bridgehead atoms. The molecule has 0 saturated carbocycles. The van der Waals surface area contributed by atoms with Gasteiger partial charge in [0.2, 0.25) is 0 Å². The molecule has 0 atom stereocenters. The van der Waals surface area contributed by atoms with Gasteiger partial charge in [0.25, 0.3) is 0 Å². The topological polar surface area (TPSA) is 72.0 Å². The van der Waals surface area contributed by atoms with Gasteiger partial charge in [-0.3, -0.25) is 4.99 Å². The van der Waals surface area contributed by atoms with E-state index in [0.29, 0.717) is 23.2 Å². The number of rotatable bonds is 4. The Labute approximate surface area is 138 Å². The minimum Gasteiger partial charge on any atom is -0.506 e. The Morgan fingerprint density at radius 3 is 2.58 bits per heavy atom. The normalized spacial score (nSPS) is 11.7. The molecule has 5 nitrogen and oxygen atoms in total. The molecule has 1 aromatic heterocycles. The van der Waals surface area contributed by atoms with Crippen molar-refractivity contribution in [3.05, 3.63) is 70.1 Å². The maximum absolute atomic E-state index is 12.2. The summed E-state index contributed by atoms with van der Waals surface area (Å²) in [4.78, 5) is 16.6. The van der Waals surface area contributed by atoms with Crippen molar-refractivity contribution in [2.45, 2.75) is 13.5 Å². The van der Waals surface area contributed by atoms with Gasteiger partial charge in [-0.25, -0.2) is 4.79 Å². The quantitative estimate of drug-likeness (QED) is 0.589. The maximum atomic E-state index is 12.2. The van der Waals surface area contributed by atoms with E-state index >= 15 is 0 Å². The lowest BCUT2D eigenvalue weighted by Crippen LogP contribution is -2.13. The van der Waals surface area contributed by atoms with E-state index in [1.807, 2.05) is 24.3 Å². The number of nitrogens with zero attached hydrogens (tertiary/aromatic N) is 1. The molecule has 0 fully saturated rings. The smallest absolute Gasteiger partial charge is 0.349 e. The van der Waals surface area contributed by atoms with Crippen LogP contribution in [-0.2, 0) is 6.54 Å². The van der Waals surface area contributed by atoms with Gasteiger partial charge >= 0.3 is 5.63 Å². The molecule has 1 N–H and O–H groups in total. The molecule has 0 unspecified atom stereocenters. The molecule has 0 aliphatic carbocycles. The van der Waals surface area contributed by atoms with E-state index in [4.69, 9.17) is 9.15 Å². The van der Waals surface area contributed by atoms with Crippen LogP contribution in [-0.4, -0.2) is 17.9 Å². The van der Waals surface area contributed by atoms with E-state index < -0.39 is 5.63 Å². The summed E-state index contributed by atoms with van der Waals surface area (Å²) in [5.41, 5.74) is 1.26. The van der Waals surface area contributed by atoms with Crippen molar-refractivity contribution in [1.82, 2.24) is 0 Å². The molecular formula is C19H17NO4. The van der Waals surface area contributed by atoms with Crippen molar-refractivity contribution < 1.29 is 14.3 Å². The van der Waals surface area contributed by atoms with Gasteiger partial charge in [0.15, 0.2) is 0 Å². The van der Waals surface area contributed by atoms with Crippen molar-refractivity contribution in [2.75, 3.05) is 7.11 Å². The van der Waals surface area contributed by atoms with Crippen LogP contribution in [0.2, 0.25) is 0 Å². The summed E-state index contributed by atoms with van der Waals surface area (Å²) >= 11 is 0. The number of fused-ring (bicyclic) bond motifs is 1. The zero-order valence-electron chi connectivity index (χ0n) is 13.4. The molecule has 3 rings (SSSR count). The van der Waals surface area contributed by atoms with E-state index in [2.05, 4.69) is 4.99 Å². The lowest BCUT2D eigenvalue weighted by molar-refractivity contribution is 0.414. The Hall–Kier alpha value is -3.08. The molecule has 0 spiro atoms. The predicted octanol–water partition coefficient (Wildman–Crippen LogP) is 3.52. The summed E-state index contributed by atoms with van der Waals surface area (Å²) in [6.45, 7) is 2.08. The third kappa shape index (κ3) is 3.01. The van der Waals surface area contributed by atoms with E-state index in [1.54, 1.807) is 38.3 Å². The second-order valence-corrected chi connectivity index (χ2v) is 5.36. The summed E-state index contributed by atoms with van der Waals surface area (Å²) in [7, 11) is 1.61. The molecule has 0 amide bonds. The Balaban J connectivity index is 1.95. The van der Waals surface area contributed by atoms with Crippen LogP contribution >= 0.6 is 0 Å². The number of hydrogen-bond acceptors (Lipinski definition) is 5. The number of aromatic hydroxyl groups is 1. The van der Waals surface area contributed by atoms with Crippen LogP contribution in [0.5, 0.6) is 11.5 Å². The summed E-state index contributed by atoms with van der Waals surface area (Å²) in [5.74, 6) is 0.671. The van der Waals surface area contributed by atoms with Crippen LogP contribution in [0.1, 0.15) is 18.1 Å². The van der Waals surface area contributed by atoms with Crippen molar-refractivity contribution in [2.24, 2.45) is 4.99 Å². The third-order valence-corrected chi connectivity index (χ3v) is 3.81. The average Bonchev–Trinajstić information content (AvgIpc) is 2.60. The fraction of sp³-hybridized carbons (Fsp3) is 0.158. The largest absolute Gasteiger partial charge is 0.506 e. The lowest BCUT2D eigenvalue weighted by atomic mass is 10.1. The first-order valence-electron chi connectivity index (χ1n) is 7.49. The number of benzene rings is 2. The number of hydrogen-bond donors (Lipinski definition) is 1. The van der Waals surface area contributed by atoms with Gasteiger partial charge in [0.05, 0.1) is 24.8 Å². The zero-order chi connectivity index (χ0) is 17.1. The van der Waals surface area contributed by atoms with Gasteiger partial charge in [-0.05, 0) is 36.8 Å². The molecule has 122 valence electrons. The Morgan fingerprint density at radius 1 is 1.17 bits per heavy atom. The fourth-order valence-corrected chi connectivity index (χ4v) is 2.47. The molecule has 0 aliphatic rings. The van der Waals surface area contributed by atoms with Gasteiger partial charge in [0, 0.05) is 0 Å². The van der Waals surface area contributed by atoms with E-state index in [0.717, 1.165) is 11.3 Å². The number of para-hydroxylation sites is 1. The molecular weight excluding hydrogens is 306 g/mol. The first-order valence-corrected chi connectivity index (χ1v) is 7.49. The van der Waals surface area contributed by atoms with Crippen LogP contribution in [0.15, 0.2) is 62.7 Å². The van der Waals surface area contributed by atoms with Gasteiger partial charge in [0.1, 0.15) is 22.6 Å². The summed E-state index contributed by atoms with van der Waals surface area (Å²) in [6.07, 6.45) is 0. The van der Waals surface area contributed by atoms with Gasteiger partial charge in [-0.15, -0.1) is 0 Å². The summed E-state index contributed by atoms with van der Waals surface area (Å²) < 4.78 is 10.4. The van der Waals surface area contributed by atoms with Crippen molar-refractivity contribution in [1.29, 1.82) is 0 Å². The number of ether oxygens (including phenoxy) is 1.